The van der Waals surface area contributed by atoms with Gasteiger partial charge in [0.1, 0.15) is 0 Å². The third-order valence-electron chi connectivity index (χ3n) is 2.64. The Morgan fingerprint density at radius 1 is 1.55 bits per heavy atom. The quantitative estimate of drug-likeness (QED) is 0.844. The molecule has 0 aliphatic heterocycles. The van der Waals surface area contributed by atoms with Crippen LogP contribution in [0.3, 0.4) is 0 Å². The first-order valence-electron chi connectivity index (χ1n) is 5.89. The molecule has 0 aromatic carbocycles. The highest BCUT2D eigenvalue weighted by Crippen LogP contribution is 2.07. The van der Waals surface area contributed by atoms with E-state index in [1.165, 1.54) is 10.7 Å². The van der Waals surface area contributed by atoms with Crippen LogP contribution < -0.4 is 0 Å². The van der Waals surface area contributed by atoms with Crippen molar-refractivity contribution in [3.63, 3.8) is 0 Å². The zero-order valence-electron chi connectivity index (χ0n) is 10.7. The third-order valence-corrected chi connectivity index (χ3v) is 2.64. The molecule has 1 amide bonds. The van der Waals surface area contributed by atoms with Gasteiger partial charge in [-0.15, -0.1) is 5.10 Å². The van der Waals surface area contributed by atoms with Crippen LogP contribution in [0.5, 0.6) is 0 Å². The Balaban J connectivity index is 2.31. The number of carbonyl (C=O) groups excluding carboxylic acids is 1. The molecule has 2 aromatic rings. The number of aliphatic hydroxyl groups is 1. The smallest absolute Gasteiger partial charge is 0.293 e. The number of nitrogens with zero attached hydrogens (tertiary/aromatic N) is 5. The van der Waals surface area contributed by atoms with Crippen LogP contribution in [0, 0.1) is 6.92 Å². The molecule has 2 heterocycles. The number of fused-ring (bicyclic) bond motifs is 1. The van der Waals surface area contributed by atoms with Crippen molar-refractivity contribution in [2.75, 3.05) is 19.7 Å². The van der Waals surface area contributed by atoms with Crippen LogP contribution in [0.15, 0.2) is 12.3 Å². The van der Waals surface area contributed by atoms with E-state index in [0.717, 1.165) is 4.90 Å². The normalized spacial score (nSPS) is 11.2. The van der Waals surface area contributed by atoms with Crippen LogP contribution >= 0.6 is 0 Å². The van der Waals surface area contributed by atoms with Crippen molar-refractivity contribution in [2.45, 2.75) is 13.3 Å². The summed E-state index contributed by atoms with van der Waals surface area (Å²) >= 11 is 0. The van der Waals surface area contributed by atoms with Gasteiger partial charge >= 0.3 is 0 Å². The minimum atomic E-state index is -2.69. The van der Waals surface area contributed by atoms with E-state index in [0.29, 0.717) is 5.69 Å². The summed E-state index contributed by atoms with van der Waals surface area (Å²) in [5.74, 6) is -0.764. The van der Waals surface area contributed by atoms with Crippen molar-refractivity contribution in [1.29, 1.82) is 0 Å². The Morgan fingerprint density at radius 2 is 2.30 bits per heavy atom. The molecule has 2 aromatic heterocycles. The maximum atomic E-state index is 12.4. The summed E-state index contributed by atoms with van der Waals surface area (Å²) in [6.07, 6.45) is -1.18. The predicted molar refractivity (Wildman–Crippen MR) is 64.5 cm³/mol. The fourth-order valence-corrected chi connectivity index (χ4v) is 1.70. The predicted octanol–water partition coefficient (Wildman–Crippen LogP) is 0.132. The Hall–Kier alpha value is -2.16. The highest BCUT2D eigenvalue weighted by Gasteiger charge is 2.23. The number of hydrogen-bond donors (Lipinski definition) is 1. The Morgan fingerprint density at radius 3 is 2.90 bits per heavy atom. The monoisotopic (exact) mass is 285 g/mol. The van der Waals surface area contributed by atoms with E-state index in [1.807, 2.05) is 0 Å². The van der Waals surface area contributed by atoms with E-state index < -0.39 is 25.5 Å². The van der Waals surface area contributed by atoms with Crippen molar-refractivity contribution >= 4 is 11.7 Å². The lowest BCUT2D eigenvalue weighted by atomic mass is 10.4. The molecule has 1 N–H and O–H groups in total. The molecule has 7 nitrogen and oxygen atoms in total. The maximum absolute atomic E-state index is 12.4. The number of aromatic nitrogens is 4. The van der Waals surface area contributed by atoms with Gasteiger partial charge in [-0.2, -0.15) is 4.98 Å². The number of alkyl halides is 2. The molecule has 0 saturated carbocycles. The molecule has 0 fully saturated rings. The summed E-state index contributed by atoms with van der Waals surface area (Å²) < 4.78 is 26.2. The van der Waals surface area contributed by atoms with Gasteiger partial charge in [0.15, 0.2) is 0 Å². The first kappa shape index (κ1) is 14.3. The molecular formula is C11H13F2N5O2. The number of halogens is 2. The third kappa shape index (κ3) is 2.87. The summed E-state index contributed by atoms with van der Waals surface area (Å²) in [6, 6.07) is 1.68. The number of amides is 1. The standard InChI is InChI=1S/C11H13F2N5O2/c1-7-2-3-14-11-15-9(16-18(7)11)10(20)17(4-5-19)6-8(12)13/h2-3,8,19H,4-6H2,1H3. The Kier molecular flexibility index (Phi) is 4.18. The molecule has 108 valence electrons. The molecule has 0 spiro atoms. The van der Waals surface area contributed by atoms with Crippen LogP contribution in [0.4, 0.5) is 8.78 Å². The maximum Gasteiger partial charge on any atom is 0.293 e. The van der Waals surface area contributed by atoms with Gasteiger partial charge in [0.05, 0.1) is 13.2 Å². The van der Waals surface area contributed by atoms with E-state index in [-0.39, 0.29) is 18.1 Å². The second-order valence-corrected chi connectivity index (χ2v) is 4.10. The van der Waals surface area contributed by atoms with Gasteiger partial charge < -0.3 is 10.0 Å². The lowest BCUT2D eigenvalue weighted by molar-refractivity contribution is 0.0499. The topological polar surface area (TPSA) is 83.6 Å². The number of aryl methyl sites for hydroxylation is 1. The lowest BCUT2D eigenvalue weighted by Gasteiger charge is -2.19. The van der Waals surface area contributed by atoms with Crippen LogP contribution in [0.1, 0.15) is 16.3 Å². The van der Waals surface area contributed by atoms with Crippen LogP contribution in [0.25, 0.3) is 5.78 Å². The van der Waals surface area contributed by atoms with Gasteiger partial charge in [-0.1, -0.05) is 0 Å². The van der Waals surface area contributed by atoms with E-state index in [4.69, 9.17) is 5.11 Å². The molecule has 20 heavy (non-hydrogen) atoms. The van der Waals surface area contributed by atoms with Gasteiger partial charge in [-0.25, -0.2) is 18.3 Å². The largest absolute Gasteiger partial charge is 0.395 e. The minimum absolute atomic E-state index is 0.203. The zero-order valence-corrected chi connectivity index (χ0v) is 10.7. The molecule has 0 aliphatic carbocycles. The zero-order chi connectivity index (χ0) is 14.7. The molecule has 0 saturated heterocycles. The Labute approximate surface area is 112 Å². The molecule has 0 aliphatic rings. The average Bonchev–Trinajstić information content (AvgIpc) is 2.82. The second-order valence-electron chi connectivity index (χ2n) is 4.10. The molecular weight excluding hydrogens is 272 g/mol. The van der Waals surface area contributed by atoms with Gasteiger partial charge in [-0.3, -0.25) is 4.79 Å². The van der Waals surface area contributed by atoms with Crippen molar-refractivity contribution in [3.8, 4) is 0 Å². The van der Waals surface area contributed by atoms with Crippen molar-refractivity contribution in [2.24, 2.45) is 0 Å². The lowest BCUT2D eigenvalue weighted by Crippen LogP contribution is -2.37. The molecule has 0 radical (unpaired) electrons. The second kappa shape index (κ2) is 5.87. The van der Waals surface area contributed by atoms with Gasteiger partial charge in [-0.05, 0) is 13.0 Å². The number of hydrogen-bond acceptors (Lipinski definition) is 5. The van der Waals surface area contributed by atoms with Crippen molar-refractivity contribution in [3.05, 3.63) is 23.8 Å². The van der Waals surface area contributed by atoms with Crippen molar-refractivity contribution in [1.82, 2.24) is 24.5 Å². The minimum Gasteiger partial charge on any atom is -0.395 e. The van der Waals surface area contributed by atoms with Crippen LogP contribution in [0.2, 0.25) is 0 Å². The summed E-state index contributed by atoms with van der Waals surface area (Å²) in [6.45, 7) is 0.359. The van der Waals surface area contributed by atoms with E-state index in [2.05, 4.69) is 15.1 Å². The fraction of sp³-hybridized carbons (Fsp3) is 0.455. The summed E-state index contributed by atoms with van der Waals surface area (Å²) in [7, 11) is 0. The highest BCUT2D eigenvalue weighted by atomic mass is 19.3. The molecule has 9 heteroatoms. The van der Waals surface area contributed by atoms with Crippen LogP contribution in [-0.2, 0) is 0 Å². The summed E-state index contributed by atoms with van der Waals surface area (Å²) in [5.41, 5.74) is 0.712. The molecule has 0 bridgehead atoms. The van der Waals surface area contributed by atoms with Crippen molar-refractivity contribution < 1.29 is 18.7 Å². The number of carbonyl (C=O) groups is 1. The fourth-order valence-electron chi connectivity index (χ4n) is 1.70. The first-order chi connectivity index (χ1) is 9.52. The van der Waals surface area contributed by atoms with E-state index >= 15 is 0 Å². The van der Waals surface area contributed by atoms with Gasteiger partial charge in [0, 0.05) is 18.4 Å². The Bertz CT molecular complexity index is 616. The average molecular weight is 285 g/mol. The summed E-state index contributed by atoms with van der Waals surface area (Å²) in [5, 5.41) is 12.8. The highest BCUT2D eigenvalue weighted by molar-refractivity contribution is 5.90. The van der Waals surface area contributed by atoms with E-state index in [9.17, 15) is 13.6 Å². The molecule has 0 atom stereocenters. The van der Waals surface area contributed by atoms with Gasteiger partial charge in [0.25, 0.3) is 18.1 Å². The molecule has 2 rings (SSSR count). The summed E-state index contributed by atoms with van der Waals surface area (Å²) in [4.78, 5) is 20.7. The number of aliphatic hydroxyl groups excluding tert-OH is 1. The van der Waals surface area contributed by atoms with E-state index in [1.54, 1.807) is 13.0 Å². The van der Waals surface area contributed by atoms with Crippen LogP contribution in [-0.4, -0.2) is 61.6 Å². The number of rotatable bonds is 5. The first-order valence-corrected chi connectivity index (χ1v) is 5.89. The van der Waals surface area contributed by atoms with Gasteiger partial charge in [0.2, 0.25) is 5.82 Å². The SMILES string of the molecule is Cc1ccnc2nc(C(=O)N(CCO)CC(F)F)nn12. The molecule has 0 unspecified atom stereocenters.